The van der Waals surface area contributed by atoms with Crippen LogP contribution in [0.25, 0.3) is 0 Å². The van der Waals surface area contributed by atoms with Crippen LogP contribution in [-0.2, 0) is 14.3 Å². The van der Waals surface area contributed by atoms with E-state index >= 15 is 0 Å². The highest BCUT2D eigenvalue weighted by atomic mass is 16.5. The van der Waals surface area contributed by atoms with Crippen LogP contribution in [0, 0.1) is 0 Å². The predicted molar refractivity (Wildman–Crippen MR) is 58.5 cm³/mol. The zero-order valence-corrected chi connectivity index (χ0v) is 9.84. The van der Waals surface area contributed by atoms with Crippen LogP contribution >= 0.6 is 0 Å². The number of amides is 1. The zero-order chi connectivity index (χ0) is 12.7. The van der Waals surface area contributed by atoms with E-state index in [9.17, 15) is 9.59 Å². The van der Waals surface area contributed by atoms with Gasteiger partial charge in [0.15, 0.2) is 0 Å². The van der Waals surface area contributed by atoms with Crippen molar-refractivity contribution in [2.75, 3.05) is 33.9 Å². The molecule has 0 fully saturated rings. The second-order valence-corrected chi connectivity index (χ2v) is 3.31. The van der Waals surface area contributed by atoms with Gasteiger partial charge in [0.1, 0.15) is 12.8 Å². The van der Waals surface area contributed by atoms with Crippen molar-refractivity contribution in [1.82, 2.24) is 4.90 Å². The van der Waals surface area contributed by atoms with E-state index in [2.05, 4.69) is 4.74 Å². The largest absolute Gasteiger partial charge is 0.472 e. The number of ether oxygens (including phenoxy) is 2. The van der Waals surface area contributed by atoms with E-state index in [1.165, 1.54) is 31.6 Å². The molecule has 1 amide bonds. The molecule has 94 valence electrons. The van der Waals surface area contributed by atoms with Crippen molar-refractivity contribution < 1.29 is 23.5 Å². The number of rotatable bonds is 6. The first-order chi connectivity index (χ1) is 8.19. The second kappa shape index (κ2) is 6.70. The van der Waals surface area contributed by atoms with E-state index in [1.54, 1.807) is 6.07 Å². The molecule has 0 radical (unpaired) electrons. The molecule has 0 saturated carbocycles. The molecule has 0 N–H and O–H groups in total. The van der Waals surface area contributed by atoms with Gasteiger partial charge in [0.05, 0.1) is 25.5 Å². The number of hydrogen-bond acceptors (Lipinski definition) is 5. The lowest BCUT2D eigenvalue weighted by molar-refractivity contribution is -0.141. The predicted octanol–water partition coefficient (Wildman–Crippen LogP) is 0.541. The van der Waals surface area contributed by atoms with Crippen LogP contribution in [0.3, 0.4) is 0 Å². The highest BCUT2D eigenvalue weighted by Crippen LogP contribution is 2.05. The summed E-state index contributed by atoms with van der Waals surface area (Å²) in [5.41, 5.74) is 0.394. The Labute approximate surface area is 99.1 Å². The Morgan fingerprint density at radius 1 is 1.41 bits per heavy atom. The molecule has 17 heavy (non-hydrogen) atoms. The molecule has 0 atom stereocenters. The topological polar surface area (TPSA) is 69.0 Å². The maximum absolute atomic E-state index is 12.0. The fraction of sp³-hybridized carbons (Fsp3) is 0.455. The highest BCUT2D eigenvalue weighted by Gasteiger charge is 2.19. The average molecular weight is 241 g/mol. The fourth-order valence-corrected chi connectivity index (χ4v) is 1.24. The number of carbonyl (C=O) groups is 2. The Balaban J connectivity index is 2.68. The lowest BCUT2D eigenvalue weighted by atomic mass is 10.3. The molecule has 0 saturated heterocycles. The molecule has 1 aromatic heterocycles. The van der Waals surface area contributed by atoms with Crippen molar-refractivity contribution >= 4 is 11.9 Å². The number of esters is 1. The van der Waals surface area contributed by atoms with Crippen molar-refractivity contribution in [2.45, 2.75) is 0 Å². The first-order valence-electron chi connectivity index (χ1n) is 5.06. The van der Waals surface area contributed by atoms with E-state index in [0.717, 1.165) is 0 Å². The number of methoxy groups -OCH3 is 2. The molecule has 1 aromatic rings. The van der Waals surface area contributed by atoms with Gasteiger partial charge in [-0.2, -0.15) is 0 Å². The minimum atomic E-state index is -0.474. The molecule has 6 nitrogen and oxygen atoms in total. The molecular weight excluding hydrogens is 226 g/mol. The minimum absolute atomic E-state index is 0.107. The van der Waals surface area contributed by atoms with Gasteiger partial charge in [-0.15, -0.1) is 0 Å². The third-order valence-electron chi connectivity index (χ3n) is 2.17. The maximum Gasteiger partial charge on any atom is 0.325 e. The Kier molecular flexibility index (Phi) is 5.22. The fourth-order valence-electron chi connectivity index (χ4n) is 1.24. The van der Waals surface area contributed by atoms with Crippen molar-refractivity contribution in [3.63, 3.8) is 0 Å². The molecular formula is C11H15NO5. The third-order valence-corrected chi connectivity index (χ3v) is 2.17. The molecule has 0 unspecified atom stereocenters. The Hall–Kier alpha value is -1.82. The van der Waals surface area contributed by atoms with E-state index in [4.69, 9.17) is 9.15 Å². The van der Waals surface area contributed by atoms with Gasteiger partial charge in [0.2, 0.25) is 0 Å². The lowest BCUT2D eigenvalue weighted by Crippen LogP contribution is -2.38. The van der Waals surface area contributed by atoms with Crippen LogP contribution < -0.4 is 0 Å². The van der Waals surface area contributed by atoms with E-state index < -0.39 is 5.97 Å². The first kappa shape index (κ1) is 13.2. The lowest BCUT2D eigenvalue weighted by Gasteiger charge is -2.20. The van der Waals surface area contributed by atoms with Crippen LogP contribution in [0.4, 0.5) is 0 Å². The van der Waals surface area contributed by atoms with Gasteiger partial charge in [-0.25, -0.2) is 0 Å². The average Bonchev–Trinajstić information content (AvgIpc) is 2.86. The quantitative estimate of drug-likeness (QED) is 0.680. The first-order valence-corrected chi connectivity index (χ1v) is 5.06. The Morgan fingerprint density at radius 2 is 2.18 bits per heavy atom. The molecule has 6 heteroatoms. The van der Waals surface area contributed by atoms with Gasteiger partial charge in [-0.05, 0) is 6.07 Å². The molecule has 0 spiro atoms. The summed E-state index contributed by atoms with van der Waals surface area (Å²) in [5, 5.41) is 0. The summed E-state index contributed by atoms with van der Waals surface area (Å²) >= 11 is 0. The van der Waals surface area contributed by atoms with Crippen LogP contribution in [0.5, 0.6) is 0 Å². The van der Waals surface area contributed by atoms with Crippen molar-refractivity contribution in [3.8, 4) is 0 Å². The van der Waals surface area contributed by atoms with Crippen LogP contribution in [0.1, 0.15) is 10.4 Å². The van der Waals surface area contributed by atoms with Crippen molar-refractivity contribution in [1.29, 1.82) is 0 Å². The summed E-state index contributed by atoms with van der Waals surface area (Å²) < 4.78 is 14.2. The maximum atomic E-state index is 12.0. The number of furan rings is 1. The summed E-state index contributed by atoms with van der Waals surface area (Å²) in [6.07, 6.45) is 2.74. The Morgan fingerprint density at radius 3 is 2.71 bits per heavy atom. The van der Waals surface area contributed by atoms with E-state index in [-0.39, 0.29) is 12.5 Å². The van der Waals surface area contributed by atoms with Gasteiger partial charge in [0, 0.05) is 13.7 Å². The number of nitrogens with zero attached hydrogens (tertiary/aromatic N) is 1. The van der Waals surface area contributed by atoms with Crippen LogP contribution in [0.2, 0.25) is 0 Å². The van der Waals surface area contributed by atoms with Crippen molar-refractivity contribution in [2.24, 2.45) is 0 Å². The van der Waals surface area contributed by atoms with E-state index in [1.807, 2.05) is 0 Å². The van der Waals surface area contributed by atoms with Gasteiger partial charge in [-0.1, -0.05) is 0 Å². The highest BCUT2D eigenvalue weighted by molar-refractivity contribution is 5.95. The van der Waals surface area contributed by atoms with Gasteiger partial charge in [0.25, 0.3) is 5.91 Å². The second-order valence-electron chi connectivity index (χ2n) is 3.31. The standard InChI is InChI=1S/C11H15NO5/c1-15-6-4-12(7-10(13)16-2)11(14)9-3-5-17-8-9/h3,5,8H,4,6-7H2,1-2H3. The van der Waals surface area contributed by atoms with Gasteiger partial charge < -0.3 is 18.8 Å². The molecule has 0 aromatic carbocycles. The monoisotopic (exact) mass is 241 g/mol. The Bertz CT molecular complexity index is 360. The molecule has 0 aliphatic rings. The van der Waals surface area contributed by atoms with Gasteiger partial charge >= 0.3 is 5.97 Å². The molecule has 0 aliphatic heterocycles. The summed E-state index contributed by atoms with van der Waals surface area (Å²) in [4.78, 5) is 24.5. The minimum Gasteiger partial charge on any atom is -0.472 e. The molecule has 1 rings (SSSR count). The summed E-state index contributed by atoms with van der Waals surface area (Å²) in [6, 6.07) is 1.54. The zero-order valence-electron chi connectivity index (χ0n) is 9.84. The molecule has 0 aliphatic carbocycles. The summed E-state index contributed by atoms with van der Waals surface area (Å²) in [7, 11) is 2.80. The SMILES string of the molecule is COCCN(CC(=O)OC)C(=O)c1ccoc1. The molecule has 1 heterocycles. The van der Waals surface area contributed by atoms with Crippen LogP contribution in [-0.4, -0.2) is 50.7 Å². The van der Waals surface area contributed by atoms with Crippen LogP contribution in [0.15, 0.2) is 23.0 Å². The molecule has 0 bridgehead atoms. The van der Waals surface area contributed by atoms with E-state index in [0.29, 0.717) is 18.7 Å². The number of carbonyl (C=O) groups excluding carboxylic acids is 2. The normalized spacial score (nSPS) is 10.0. The smallest absolute Gasteiger partial charge is 0.325 e. The van der Waals surface area contributed by atoms with Gasteiger partial charge in [-0.3, -0.25) is 9.59 Å². The third kappa shape index (κ3) is 3.92. The number of hydrogen-bond donors (Lipinski definition) is 0. The van der Waals surface area contributed by atoms with Crippen molar-refractivity contribution in [3.05, 3.63) is 24.2 Å². The summed E-state index contributed by atoms with van der Waals surface area (Å²) in [6.45, 7) is 0.556. The summed E-state index contributed by atoms with van der Waals surface area (Å²) in [5.74, 6) is -0.765.